The number of anilines is 1. The Morgan fingerprint density at radius 2 is 1.73 bits per heavy atom. The van der Waals surface area contributed by atoms with Crippen molar-refractivity contribution in [1.82, 2.24) is 14.2 Å². The number of rotatable bonds is 2. The van der Waals surface area contributed by atoms with Crippen molar-refractivity contribution in [2.24, 2.45) is 0 Å². The summed E-state index contributed by atoms with van der Waals surface area (Å²) in [5.41, 5.74) is 0. The van der Waals surface area contributed by atoms with E-state index < -0.39 is 0 Å². The Balaban J connectivity index is 1.41. The van der Waals surface area contributed by atoms with Crippen molar-refractivity contribution in [2.45, 2.75) is 18.9 Å². The van der Waals surface area contributed by atoms with Crippen molar-refractivity contribution in [3.63, 3.8) is 0 Å². The lowest BCUT2D eigenvalue weighted by Gasteiger charge is -2.42. The van der Waals surface area contributed by atoms with E-state index in [-0.39, 0.29) is 0 Å². The van der Waals surface area contributed by atoms with Gasteiger partial charge in [-0.3, -0.25) is 4.90 Å². The summed E-state index contributed by atoms with van der Waals surface area (Å²) in [7, 11) is 2.24. The molecule has 0 spiro atoms. The van der Waals surface area contributed by atoms with Gasteiger partial charge in [-0.05, 0) is 56.6 Å². The molecule has 22 heavy (non-hydrogen) atoms. The van der Waals surface area contributed by atoms with Gasteiger partial charge in [0.15, 0.2) is 0 Å². The molecule has 4 nitrogen and oxygen atoms in total. The van der Waals surface area contributed by atoms with Crippen LogP contribution in [0.1, 0.15) is 12.8 Å². The molecule has 2 aromatic rings. The topological polar surface area (TPSA) is 22.6 Å². The zero-order valence-corrected chi connectivity index (χ0v) is 14.1. The first-order valence-electron chi connectivity index (χ1n) is 8.33. The van der Waals surface area contributed by atoms with Crippen LogP contribution >= 0.6 is 11.5 Å². The molecule has 2 saturated heterocycles. The van der Waals surface area contributed by atoms with Gasteiger partial charge in [-0.25, -0.2) is 0 Å². The minimum absolute atomic E-state index is 0.797. The molecular formula is C17H24N4S. The van der Waals surface area contributed by atoms with Gasteiger partial charge in [0.2, 0.25) is 0 Å². The maximum absolute atomic E-state index is 4.71. The minimum atomic E-state index is 0.797. The average molecular weight is 316 g/mol. The highest BCUT2D eigenvalue weighted by atomic mass is 32.1. The van der Waals surface area contributed by atoms with Gasteiger partial charge in [-0.15, -0.1) is 0 Å². The van der Waals surface area contributed by atoms with E-state index >= 15 is 0 Å². The SMILES string of the molecule is CN1CCC(N2CCN(c3nsc4ccccc34)CC2)CC1. The third-order valence-corrected chi connectivity index (χ3v) is 5.99. The summed E-state index contributed by atoms with van der Waals surface area (Å²) < 4.78 is 6.01. The Morgan fingerprint density at radius 1 is 1.00 bits per heavy atom. The molecule has 1 aromatic heterocycles. The second-order valence-corrected chi connectivity index (χ2v) is 7.36. The molecule has 1 aromatic carbocycles. The Labute approximate surface area is 136 Å². The van der Waals surface area contributed by atoms with Gasteiger partial charge in [0.1, 0.15) is 5.82 Å². The van der Waals surface area contributed by atoms with Crippen LogP contribution < -0.4 is 4.90 Å². The molecule has 3 heterocycles. The third-order valence-electron chi connectivity index (χ3n) is 5.18. The van der Waals surface area contributed by atoms with Gasteiger partial charge in [0.05, 0.1) is 4.70 Å². The normalized spacial score (nSPS) is 22.5. The van der Waals surface area contributed by atoms with Crippen molar-refractivity contribution in [1.29, 1.82) is 0 Å². The lowest BCUT2D eigenvalue weighted by Crippen LogP contribution is -2.53. The molecule has 0 bridgehead atoms. The summed E-state index contributed by atoms with van der Waals surface area (Å²) in [4.78, 5) is 7.64. The minimum Gasteiger partial charge on any atom is -0.353 e. The van der Waals surface area contributed by atoms with Crippen LogP contribution in [0.25, 0.3) is 10.1 Å². The van der Waals surface area contributed by atoms with Crippen LogP contribution in [0.15, 0.2) is 24.3 Å². The van der Waals surface area contributed by atoms with Gasteiger partial charge in [0, 0.05) is 37.6 Å². The van der Waals surface area contributed by atoms with Crippen LogP contribution in [0.2, 0.25) is 0 Å². The smallest absolute Gasteiger partial charge is 0.150 e. The number of hydrogen-bond donors (Lipinski definition) is 0. The number of piperazine rings is 1. The molecule has 118 valence electrons. The first-order chi connectivity index (χ1) is 10.8. The molecule has 0 saturated carbocycles. The number of fused-ring (bicyclic) bond motifs is 1. The van der Waals surface area contributed by atoms with E-state index in [1.807, 2.05) is 0 Å². The summed E-state index contributed by atoms with van der Waals surface area (Å²) in [6, 6.07) is 9.39. The molecule has 4 rings (SSSR count). The number of aromatic nitrogens is 1. The zero-order chi connectivity index (χ0) is 14.9. The Kier molecular flexibility index (Phi) is 4.03. The fourth-order valence-corrected chi connectivity index (χ4v) is 4.56. The molecule has 5 heteroatoms. The molecule has 2 fully saturated rings. The second kappa shape index (κ2) is 6.14. The molecule has 0 N–H and O–H groups in total. The highest BCUT2D eigenvalue weighted by Crippen LogP contribution is 2.30. The van der Waals surface area contributed by atoms with Gasteiger partial charge < -0.3 is 9.80 Å². The zero-order valence-electron chi connectivity index (χ0n) is 13.2. The van der Waals surface area contributed by atoms with Gasteiger partial charge in [-0.1, -0.05) is 12.1 Å². The van der Waals surface area contributed by atoms with Gasteiger partial charge in [0.25, 0.3) is 0 Å². The van der Waals surface area contributed by atoms with Crippen LogP contribution in [0.4, 0.5) is 5.82 Å². The molecule has 2 aliphatic rings. The summed E-state index contributed by atoms with van der Waals surface area (Å²) in [6.07, 6.45) is 2.66. The molecule has 0 atom stereocenters. The first kappa shape index (κ1) is 14.4. The lowest BCUT2D eigenvalue weighted by molar-refractivity contribution is 0.115. The predicted molar refractivity (Wildman–Crippen MR) is 93.9 cm³/mol. The number of nitrogens with zero attached hydrogens (tertiary/aromatic N) is 4. The lowest BCUT2D eigenvalue weighted by atomic mass is 10.0. The summed E-state index contributed by atoms with van der Waals surface area (Å²) in [6.45, 7) is 7.09. The number of likely N-dealkylation sites (tertiary alicyclic amines) is 1. The molecule has 0 amide bonds. The molecule has 0 unspecified atom stereocenters. The van der Waals surface area contributed by atoms with E-state index in [9.17, 15) is 0 Å². The van der Waals surface area contributed by atoms with Crippen molar-refractivity contribution >= 4 is 27.4 Å². The summed E-state index contributed by atoms with van der Waals surface area (Å²) >= 11 is 1.63. The van der Waals surface area contributed by atoms with Crippen molar-refractivity contribution in [2.75, 3.05) is 51.2 Å². The van der Waals surface area contributed by atoms with E-state index in [2.05, 4.69) is 46.0 Å². The summed E-state index contributed by atoms with van der Waals surface area (Å²) in [5, 5.41) is 1.32. The highest BCUT2D eigenvalue weighted by molar-refractivity contribution is 7.13. The fraction of sp³-hybridized carbons (Fsp3) is 0.588. The number of benzene rings is 1. The van der Waals surface area contributed by atoms with E-state index in [1.165, 1.54) is 54.9 Å². The number of hydrogen-bond acceptors (Lipinski definition) is 5. The van der Waals surface area contributed by atoms with Crippen LogP contribution in [-0.4, -0.2) is 66.5 Å². The van der Waals surface area contributed by atoms with Crippen LogP contribution in [-0.2, 0) is 0 Å². The van der Waals surface area contributed by atoms with Gasteiger partial charge >= 0.3 is 0 Å². The fourth-order valence-electron chi connectivity index (χ4n) is 3.76. The van der Waals surface area contributed by atoms with Crippen molar-refractivity contribution in [3.05, 3.63) is 24.3 Å². The molecule has 0 radical (unpaired) electrons. The Bertz CT molecular complexity index is 624. The largest absolute Gasteiger partial charge is 0.353 e. The van der Waals surface area contributed by atoms with Crippen LogP contribution in [0, 0.1) is 0 Å². The van der Waals surface area contributed by atoms with Gasteiger partial charge in [-0.2, -0.15) is 4.37 Å². The third kappa shape index (κ3) is 2.73. The van der Waals surface area contributed by atoms with E-state index in [0.717, 1.165) is 19.1 Å². The summed E-state index contributed by atoms with van der Waals surface area (Å²) in [5.74, 6) is 1.20. The predicted octanol–water partition coefficient (Wildman–Crippen LogP) is 2.51. The first-order valence-corrected chi connectivity index (χ1v) is 9.10. The maximum Gasteiger partial charge on any atom is 0.150 e. The Hall–Kier alpha value is -1.17. The molecule has 0 aliphatic carbocycles. The highest BCUT2D eigenvalue weighted by Gasteiger charge is 2.27. The van der Waals surface area contributed by atoms with E-state index in [1.54, 1.807) is 11.5 Å². The quantitative estimate of drug-likeness (QED) is 0.849. The number of piperidine rings is 1. The maximum atomic E-state index is 4.71. The van der Waals surface area contributed by atoms with E-state index in [0.29, 0.717) is 0 Å². The van der Waals surface area contributed by atoms with Crippen molar-refractivity contribution in [3.8, 4) is 0 Å². The van der Waals surface area contributed by atoms with Crippen molar-refractivity contribution < 1.29 is 0 Å². The second-order valence-electron chi connectivity index (χ2n) is 6.56. The van der Waals surface area contributed by atoms with E-state index in [4.69, 9.17) is 4.37 Å². The standard InChI is InChI=1S/C17H24N4S/c1-19-8-6-14(7-9-19)20-10-12-21(13-11-20)17-15-4-2-3-5-16(15)22-18-17/h2-5,14H,6-13H2,1H3. The van der Waals surface area contributed by atoms with Crippen LogP contribution in [0.5, 0.6) is 0 Å². The monoisotopic (exact) mass is 316 g/mol. The average Bonchev–Trinajstić information content (AvgIpc) is 3.00. The molecular weight excluding hydrogens is 292 g/mol. The van der Waals surface area contributed by atoms with Crippen LogP contribution in [0.3, 0.4) is 0 Å². The Morgan fingerprint density at radius 3 is 2.50 bits per heavy atom. The molecule has 2 aliphatic heterocycles.